The van der Waals surface area contributed by atoms with Crippen molar-refractivity contribution in [2.45, 2.75) is 19.8 Å². The smallest absolute Gasteiger partial charge is 0.225 e. The second-order valence-electron chi connectivity index (χ2n) is 6.33. The van der Waals surface area contributed by atoms with Gasteiger partial charge in [0.1, 0.15) is 0 Å². The summed E-state index contributed by atoms with van der Waals surface area (Å²) in [5.74, 6) is 0.865. The Morgan fingerprint density at radius 1 is 1.00 bits per heavy atom. The summed E-state index contributed by atoms with van der Waals surface area (Å²) < 4.78 is 5.44. The second kappa shape index (κ2) is 6.73. The van der Waals surface area contributed by atoms with Gasteiger partial charge in [0.15, 0.2) is 0 Å². The molecule has 2 aromatic rings. The molecule has 0 atom stereocenters. The van der Waals surface area contributed by atoms with Crippen molar-refractivity contribution >= 4 is 11.6 Å². The number of anilines is 2. The van der Waals surface area contributed by atoms with E-state index in [4.69, 9.17) is 14.7 Å². The molecule has 6 nitrogen and oxygen atoms in total. The van der Waals surface area contributed by atoms with Crippen molar-refractivity contribution in [3.8, 4) is 0 Å². The Labute approximate surface area is 142 Å². The van der Waals surface area contributed by atoms with Crippen LogP contribution in [0.15, 0.2) is 24.5 Å². The fraction of sp³-hybridized carbons (Fsp3) is 0.500. The maximum absolute atomic E-state index is 5.44. The molecule has 4 rings (SSSR count). The average Bonchev–Trinajstić information content (AvgIpc) is 2.86. The molecule has 24 heavy (non-hydrogen) atoms. The van der Waals surface area contributed by atoms with E-state index in [0.717, 1.165) is 63.9 Å². The molecule has 0 radical (unpaired) electrons. The lowest BCUT2D eigenvalue weighted by atomic mass is 10.1. The molecular weight excluding hydrogens is 302 g/mol. The molecule has 0 unspecified atom stereocenters. The van der Waals surface area contributed by atoms with E-state index in [9.17, 15) is 0 Å². The number of hydrogen-bond acceptors (Lipinski definition) is 6. The largest absolute Gasteiger partial charge is 0.378 e. The van der Waals surface area contributed by atoms with Gasteiger partial charge in [-0.2, -0.15) is 0 Å². The van der Waals surface area contributed by atoms with Gasteiger partial charge in [-0.25, -0.2) is 9.97 Å². The van der Waals surface area contributed by atoms with E-state index in [1.807, 2.05) is 18.5 Å². The summed E-state index contributed by atoms with van der Waals surface area (Å²) in [4.78, 5) is 18.6. The van der Waals surface area contributed by atoms with Crippen LogP contribution in [0.2, 0.25) is 0 Å². The lowest BCUT2D eigenvalue weighted by Crippen LogP contribution is -2.37. The van der Waals surface area contributed by atoms with Crippen molar-refractivity contribution in [3.63, 3.8) is 0 Å². The summed E-state index contributed by atoms with van der Waals surface area (Å²) in [6.07, 6.45) is 5.69. The molecule has 2 aliphatic heterocycles. The maximum Gasteiger partial charge on any atom is 0.225 e. The van der Waals surface area contributed by atoms with Crippen LogP contribution in [0.1, 0.15) is 17.0 Å². The minimum atomic E-state index is 0.758. The molecule has 4 heterocycles. The first-order chi connectivity index (χ1) is 11.8. The lowest BCUT2D eigenvalue weighted by molar-refractivity contribution is 0.122. The average molecular weight is 325 g/mol. The third kappa shape index (κ3) is 3.06. The summed E-state index contributed by atoms with van der Waals surface area (Å²) in [6.45, 7) is 7.34. The molecule has 2 aliphatic rings. The van der Waals surface area contributed by atoms with Crippen LogP contribution in [0.4, 0.5) is 11.6 Å². The normalized spacial score (nSPS) is 18.2. The zero-order valence-electron chi connectivity index (χ0n) is 14.1. The first kappa shape index (κ1) is 15.3. The highest BCUT2D eigenvalue weighted by atomic mass is 16.5. The van der Waals surface area contributed by atoms with Gasteiger partial charge in [-0.15, -0.1) is 0 Å². The van der Waals surface area contributed by atoms with Crippen molar-refractivity contribution in [2.75, 3.05) is 49.2 Å². The minimum Gasteiger partial charge on any atom is -0.378 e. The SMILES string of the molecule is Cc1nc(N2CCOCC2)nc2c1CCN(c1cccnc1)CC2. The number of morpholine rings is 1. The first-order valence-corrected chi connectivity index (χ1v) is 8.65. The predicted molar refractivity (Wildman–Crippen MR) is 93.7 cm³/mol. The number of fused-ring (bicyclic) bond motifs is 1. The van der Waals surface area contributed by atoms with Crippen LogP contribution < -0.4 is 9.80 Å². The first-order valence-electron chi connectivity index (χ1n) is 8.65. The van der Waals surface area contributed by atoms with Crippen LogP contribution in [0.5, 0.6) is 0 Å². The number of rotatable bonds is 2. The Kier molecular flexibility index (Phi) is 4.30. The number of aromatic nitrogens is 3. The molecule has 0 aliphatic carbocycles. The van der Waals surface area contributed by atoms with E-state index in [-0.39, 0.29) is 0 Å². The van der Waals surface area contributed by atoms with Gasteiger partial charge >= 0.3 is 0 Å². The standard InChI is InChI=1S/C18H23N5O/c1-14-16-4-7-22(15-3-2-6-19-13-15)8-5-17(16)21-18(20-14)23-9-11-24-12-10-23/h2-3,6,13H,4-5,7-12H2,1H3. The summed E-state index contributed by atoms with van der Waals surface area (Å²) in [5.41, 5.74) is 4.83. The van der Waals surface area contributed by atoms with E-state index in [1.54, 1.807) is 0 Å². The van der Waals surface area contributed by atoms with Gasteiger partial charge in [-0.3, -0.25) is 4.98 Å². The van der Waals surface area contributed by atoms with Gasteiger partial charge in [0.25, 0.3) is 0 Å². The summed E-state index contributed by atoms with van der Waals surface area (Å²) >= 11 is 0. The Morgan fingerprint density at radius 2 is 1.83 bits per heavy atom. The van der Waals surface area contributed by atoms with Crippen LogP contribution in [-0.2, 0) is 17.6 Å². The Morgan fingerprint density at radius 3 is 2.62 bits per heavy atom. The highest BCUT2D eigenvalue weighted by Gasteiger charge is 2.21. The summed E-state index contributed by atoms with van der Waals surface area (Å²) in [6, 6.07) is 4.12. The molecule has 0 N–H and O–H groups in total. The number of aryl methyl sites for hydroxylation is 1. The molecule has 0 aromatic carbocycles. The zero-order valence-corrected chi connectivity index (χ0v) is 14.1. The van der Waals surface area contributed by atoms with Gasteiger partial charge in [0, 0.05) is 44.5 Å². The van der Waals surface area contributed by atoms with Crippen molar-refractivity contribution in [2.24, 2.45) is 0 Å². The van der Waals surface area contributed by atoms with Crippen molar-refractivity contribution in [1.29, 1.82) is 0 Å². The van der Waals surface area contributed by atoms with E-state index in [0.29, 0.717) is 0 Å². The van der Waals surface area contributed by atoms with Gasteiger partial charge in [-0.05, 0) is 31.0 Å². The zero-order chi connectivity index (χ0) is 16.4. The van der Waals surface area contributed by atoms with Crippen LogP contribution in [0, 0.1) is 6.92 Å². The van der Waals surface area contributed by atoms with E-state index in [1.165, 1.54) is 16.9 Å². The van der Waals surface area contributed by atoms with Gasteiger partial charge in [0.05, 0.1) is 30.8 Å². The third-order valence-corrected chi connectivity index (χ3v) is 4.84. The molecule has 0 saturated carbocycles. The topological polar surface area (TPSA) is 54.4 Å². The lowest BCUT2D eigenvalue weighted by Gasteiger charge is -2.27. The van der Waals surface area contributed by atoms with Crippen LogP contribution >= 0.6 is 0 Å². The maximum atomic E-state index is 5.44. The fourth-order valence-electron chi connectivity index (χ4n) is 3.47. The second-order valence-corrected chi connectivity index (χ2v) is 6.33. The van der Waals surface area contributed by atoms with E-state index in [2.05, 4.69) is 27.8 Å². The number of hydrogen-bond donors (Lipinski definition) is 0. The highest BCUT2D eigenvalue weighted by Crippen LogP contribution is 2.23. The van der Waals surface area contributed by atoms with Crippen molar-refractivity contribution in [1.82, 2.24) is 15.0 Å². The highest BCUT2D eigenvalue weighted by molar-refractivity contribution is 5.46. The molecule has 1 fully saturated rings. The molecule has 0 bridgehead atoms. The van der Waals surface area contributed by atoms with Gasteiger partial charge in [0.2, 0.25) is 5.95 Å². The molecule has 2 aromatic heterocycles. The molecule has 0 spiro atoms. The van der Waals surface area contributed by atoms with Crippen molar-refractivity contribution in [3.05, 3.63) is 41.5 Å². The van der Waals surface area contributed by atoms with Crippen LogP contribution in [-0.4, -0.2) is 54.3 Å². The number of pyridine rings is 1. The van der Waals surface area contributed by atoms with E-state index < -0.39 is 0 Å². The molecule has 126 valence electrons. The molecule has 0 amide bonds. The Balaban J connectivity index is 1.57. The Bertz CT molecular complexity index is 700. The van der Waals surface area contributed by atoms with Gasteiger partial charge < -0.3 is 14.5 Å². The van der Waals surface area contributed by atoms with Crippen molar-refractivity contribution < 1.29 is 4.74 Å². The minimum absolute atomic E-state index is 0.758. The Hall–Kier alpha value is -2.21. The molecule has 1 saturated heterocycles. The molecular formula is C18H23N5O. The van der Waals surface area contributed by atoms with Crippen LogP contribution in [0.3, 0.4) is 0 Å². The quantitative estimate of drug-likeness (QED) is 0.836. The monoisotopic (exact) mass is 325 g/mol. The van der Waals surface area contributed by atoms with Gasteiger partial charge in [-0.1, -0.05) is 0 Å². The summed E-state index contributed by atoms with van der Waals surface area (Å²) in [7, 11) is 0. The summed E-state index contributed by atoms with van der Waals surface area (Å²) in [5, 5.41) is 0. The van der Waals surface area contributed by atoms with Crippen LogP contribution in [0.25, 0.3) is 0 Å². The number of ether oxygens (including phenoxy) is 1. The fourth-order valence-corrected chi connectivity index (χ4v) is 3.47. The predicted octanol–water partition coefficient (Wildman–Crippen LogP) is 1.62. The molecule has 6 heteroatoms. The number of nitrogens with zero attached hydrogens (tertiary/aromatic N) is 5. The van der Waals surface area contributed by atoms with E-state index >= 15 is 0 Å². The third-order valence-electron chi connectivity index (χ3n) is 4.84.